The van der Waals surface area contributed by atoms with Crippen LogP contribution < -0.4 is 5.73 Å². The second-order valence-corrected chi connectivity index (χ2v) is 5.96. The highest BCUT2D eigenvalue weighted by molar-refractivity contribution is 9.10. The molecule has 0 aliphatic carbocycles. The first-order valence-corrected chi connectivity index (χ1v) is 7.30. The van der Waals surface area contributed by atoms with Crippen molar-refractivity contribution in [3.8, 4) is 11.5 Å². The van der Waals surface area contributed by atoms with Crippen molar-refractivity contribution in [2.45, 2.75) is 26.0 Å². The Morgan fingerprint density at radius 2 is 2.15 bits per heavy atom. The van der Waals surface area contributed by atoms with E-state index >= 15 is 0 Å². The van der Waals surface area contributed by atoms with Crippen LogP contribution in [0, 0.1) is 0 Å². The molecular formula is C13H15BrClN3O2. The summed E-state index contributed by atoms with van der Waals surface area (Å²) in [5.41, 5.74) is 6.69. The Morgan fingerprint density at radius 3 is 2.80 bits per heavy atom. The fraction of sp³-hybridized carbons (Fsp3) is 0.385. The Morgan fingerprint density at radius 1 is 1.40 bits per heavy atom. The lowest BCUT2D eigenvalue weighted by Gasteiger charge is -2.10. The van der Waals surface area contributed by atoms with Crippen LogP contribution in [0.4, 0.5) is 0 Å². The predicted octanol–water partition coefficient (Wildman–Crippen LogP) is 3.58. The Bertz CT molecular complexity index is 568. The molecular weight excluding hydrogens is 346 g/mol. The van der Waals surface area contributed by atoms with E-state index in [0.717, 1.165) is 10.0 Å². The molecule has 1 aromatic heterocycles. The number of nitrogens with two attached hydrogens (primary N) is 1. The third-order valence-electron chi connectivity index (χ3n) is 2.49. The number of ether oxygens (including phenoxy) is 1. The SMILES string of the molecule is CC(C)OCC(N)c1noc(-c2cc(Cl)cc(Br)c2)n1. The Hall–Kier alpha value is -0.950. The maximum Gasteiger partial charge on any atom is 0.258 e. The van der Waals surface area contributed by atoms with Crippen LogP contribution in [0.2, 0.25) is 5.02 Å². The summed E-state index contributed by atoms with van der Waals surface area (Å²) < 4.78 is 11.5. The zero-order chi connectivity index (χ0) is 14.7. The second kappa shape index (κ2) is 6.67. The number of rotatable bonds is 5. The number of aromatic nitrogens is 2. The van der Waals surface area contributed by atoms with Gasteiger partial charge in [-0.3, -0.25) is 0 Å². The maximum atomic E-state index is 5.99. The van der Waals surface area contributed by atoms with E-state index in [1.807, 2.05) is 19.9 Å². The molecule has 0 saturated heterocycles. The molecule has 0 saturated carbocycles. The highest BCUT2D eigenvalue weighted by Crippen LogP contribution is 2.26. The van der Waals surface area contributed by atoms with Gasteiger partial charge >= 0.3 is 0 Å². The van der Waals surface area contributed by atoms with Crippen molar-refractivity contribution in [3.05, 3.63) is 33.5 Å². The van der Waals surface area contributed by atoms with Crippen LogP contribution in [0.15, 0.2) is 27.2 Å². The lowest BCUT2D eigenvalue weighted by molar-refractivity contribution is 0.0665. The monoisotopic (exact) mass is 359 g/mol. The van der Waals surface area contributed by atoms with Gasteiger partial charge in [0.1, 0.15) is 0 Å². The summed E-state index contributed by atoms with van der Waals surface area (Å²) in [5, 5.41) is 4.47. The lowest BCUT2D eigenvalue weighted by atomic mass is 10.2. The second-order valence-electron chi connectivity index (χ2n) is 4.60. The van der Waals surface area contributed by atoms with Crippen molar-refractivity contribution >= 4 is 27.5 Å². The Balaban J connectivity index is 2.15. The van der Waals surface area contributed by atoms with Gasteiger partial charge in [-0.1, -0.05) is 32.7 Å². The lowest BCUT2D eigenvalue weighted by Crippen LogP contribution is -2.20. The average Bonchev–Trinajstić information content (AvgIpc) is 2.84. The van der Waals surface area contributed by atoms with Gasteiger partial charge in [0.05, 0.1) is 18.8 Å². The van der Waals surface area contributed by atoms with Gasteiger partial charge in [0.25, 0.3) is 5.89 Å². The van der Waals surface area contributed by atoms with Crippen molar-refractivity contribution in [2.24, 2.45) is 5.73 Å². The van der Waals surface area contributed by atoms with Gasteiger partial charge in [0, 0.05) is 15.1 Å². The quantitative estimate of drug-likeness (QED) is 0.882. The molecule has 2 N–H and O–H groups in total. The van der Waals surface area contributed by atoms with Gasteiger partial charge in [-0.25, -0.2) is 0 Å². The van der Waals surface area contributed by atoms with Crippen LogP contribution in [0.5, 0.6) is 0 Å². The molecule has 108 valence electrons. The van der Waals surface area contributed by atoms with Crippen LogP contribution in [0.1, 0.15) is 25.7 Å². The van der Waals surface area contributed by atoms with Gasteiger partial charge in [-0.2, -0.15) is 4.98 Å². The summed E-state index contributed by atoms with van der Waals surface area (Å²) in [6, 6.07) is 4.96. The van der Waals surface area contributed by atoms with Crippen molar-refractivity contribution in [2.75, 3.05) is 6.61 Å². The van der Waals surface area contributed by atoms with E-state index in [4.69, 9.17) is 26.6 Å². The maximum absolute atomic E-state index is 5.99. The molecule has 0 amide bonds. The minimum absolute atomic E-state index is 0.108. The first kappa shape index (κ1) is 15.4. The number of hydrogen-bond donors (Lipinski definition) is 1. The fourth-order valence-corrected chi connectivity index (χ4v) is 2.41. The number of nitrogens with zero attached hydrogens (tertiary/aromatic N) is 2. The minimum atomic E-state index is -0.419. The number of benzene rings is 1. The molecule has 0 spiro atoms. The minimum Gasteiger partial charge on any atom is -0.377 e. The molecule has 7 heteroatoms. The highest BCUT2D eigenvalue weighted by atomic mass is 79.9. The van der Waals surface area contributed by atoms with Gasteiger partial charge in [0.15, 0.2) is 5.82 Å². The van der Waals surface area contributed by atoms with E-state index in [1.54, 1.807) is 12.1 Å². The van der Waals surface area contributed by atoms with Crippen LogP contribution in [-0.2, 0) is 4.74 Å². The number of hydrogen-bond acceptors (Lipinski definition) is 5. The van der Waals surface area contributed by atoms with Gasteiger partial charge in [-0.15, -0.1) is 0 Å². The summed E-state index contributed by atoms with van der Waals surface area (Å²) >= 11 is 9.36. The molecule has 0 aliphatic heterocycles. The third kappa shape index (κ3) is 4.02. The van der Waals surface area contributed by atoms with E-state index in [0.29, 0.717) is 23.3 Å². The van der Waals surface area contributed by atoms with E-state index < -0.39 is 6.04 Å². The molecule has 0 fully saturated rings. The van der Waals surface area contributed by atoms with Crippen LogP contribution in [-0.4, -0.2) is 22.9 Å². The van der Waals surface area contributed by atoms with Crippen LogP contribution in [0.3, 0.4) is 0 Å². The van der Waals surface area contributed by atoms with Crippen molar-refractivity contribution in [3.63, 3.8) is 0 Å². The Kier molecular flexibility index (Phi) is 5.15. The fourth-order valence-electron chi connectivity index (χ4n) is 1.55. The first-order valence-electron chi connectivity index (χ1n) is 6.13. The molecule has 0 radical (unpaired) electrons. The summed E-state index contributed by atoms with van der Waals surface area (Å²) in [7, 11) is 0. The third-order valence-corrected chi connectivity index (χ3v) is 3.17. The summed E-state index contributed by atoms with van der Waals surface area (Å²) in [4.78, 5) is 4.28. The normalized spacial score (nSPS) is 12.9. The Labute approximate surface area is 130 Å². The van der Waals surface area contributed by atoms with Gasteiger partial charge < -0.3 is 15.0 Å². The van der Waals surface area contributed by atoms with Gasteiger partial charge in [0.2, 0.25) is 0 Å². The molecule has 1 atom stereocenters. The van der Waals surface area contributed by atoms with Crippen LogP contribution >= 0.6 is 27.5 Å². The molecule has 0 bridgehead atoms. The van der Waals surface area contributed by atoms with Crippen molar-refractivity contribution in [1.29, 1.82) is 0 Å². The van der Waals surface area contributed by atoms with E-state index in [9.17, 15) is 0 Å². The standard InChI is InChI=1S/C13H15BrClN3O2/c1-7(2)19-6-11(16)12-17-13(20-18-12)8-3-9(14)5-10(15)4-8/h3-5,7,11H,6,16H2,1-2H3. The molecule has 1 aromatic carbocycles. The average molecular weight is 361 g/mol. The van der Waals surface area contributed by atoms with E-state index in [2.05, 4.69) is 26.1 Å². The zero-order valence-electron chi connectivity index (χ0n) is 11.1. The number of halogens is 2. The molecule has 2 rings (SSSR count). The summed E-state index contributed by atoms with van der Waals surface area (Å²) in [5.74, 6) is 0.792. The first-order chi connectivity index (χ1) is 9.45. The molecule has 5 nitrogen and oxygen atoms in total. The molecule has 20 heavy (non-hydrogen) atoms. The molecule has 2 aromatic rings. The highest BCUT2D eigenvalue weighted by Gasteiger charge is 2.16. The predicted molar refractivity (Wildman–Crippen MR) is 80.5 cm³/mol. The topological polar surface area (TPSA) is 74.2 Å². The molecule has 1 heterocycles. The smallest absolute Gasteiger partial charge is 0.258 e. The van der Waals surface area contributed by atoms with Gasteiger partial charge in [-0.05, 0) is 32.0 Å². The zero-order valence-corrected chi connectivity index (χ0v) is 13.5. The van der Waals surface area contributed by atoms with Crippen molar-refractivity contribution in [1.82, 2.24) is 10.1 Å². The molecule has 0 aliphatic rings. The van der Waals surface area contributed by atoms with Crippen LogP contribution in [0.25, 0.3) is 11.5 Å². The largest absolute Gasteiger partial charge is 0.377 e. The summed E-state index contributed by atoms with van der Waals surface area (Å²) in [6.07, 6.45) is 0.108. The summed E-state index contributed by atoms with van der Waals surface area (Å²) in [6.45, 7) is 4.23. The van der Waals surface area contributed by atoms with E-state index in [-0.39, 0.29) is 6.10 Å². The van der Waals surface area contributed by atoms with E-state index in [1.165, 1.54) is 0 Å². The van der Waals surface area contributed by atoms with Crippen molar-refractivity contribution < 1.29 is 9.26 Å². The molecule has 1 unspecified atom stereocenters.